The van der Waals surface area contributed by atoms with Crippen molar-refractivity contribution in [3.8, 4) is 0 Å². The molecule has 0 aromatic carbocycles. The van der Waals surface area contributed by atoms with Gasteiger partial charge in [0.2, 0.25) is 5.89 Å². The van der Waals surface area contributed by atoms with Gasteiger partial charge in [0, 0.05) is 12.5 Å². The van der Waals surface area contributed by atoms with Gasteiger partial charge >= 0.3 is 0 Å². The molecule has 1 fully saturated rings. The van der Waals surface area contributed by atoms with E-state index in [9.17, 15) is 0 Å². The van der Waals surface area contributed by atoms with Crippen molar-refractivity contribution in [1.82, 2.24) is 20.4 Å². The number of aromatic nitrogens is 2. The molecular weight excluding hydrogens is 192 g/mol. The Morgan fingerprint density at radius 3 is 3.13 bits per heavy atom. The maximum absolute atomic E-state index is 5.14. The summed E-state index contributed by atoms with van der Waals surface area (Å²) in [6.07, 6.45) is 1.15. The lowest BCUT2D eigenvalue weighted by atomic mass is 10.1. The topological polar surface area (TPSA) is 54.2 Å². The first kappa shape index (κ1) is 10.6. The van der Waals surface area contributed by atoms with Crippen LogP contribution in [0.1, 0.15) is 31.0 Å². The first-order valence-corrected chi connectivity index (χ1v) is 5.53. The Kier molecular flexibility index (Phi) is 3.33. The fourth-order valence-corrected chi connectivity index (χ4v) is 1.99. The fourth-order valence-electron chi connectivity index (χ4n) is 1.99. The van der Waals surface area contributed by atoms with Crippen molar-refractivity contribution >= 4 is 0 Å². The molecule has 2 heterocycles. The number of hydrogen-bond acceptors (Lipinski definition) is 5. The zero-order valence-electron chi connectivity index (χ0n) is 9.36. The molecular formula is C10H18N4O. The maximum Gasteiger partial charge on any atom is 0.240 e. The van der Waals surface area contributed by atoms with Crippen molar-refractivity contribution < 1.29 is 4.52 Å². The lowest BCUT2D eigenvalue weighted by Gasteiger charge is -2.10. The molecule has 0 aliphatic carbocycles. The van der Waals surface area contributed by atoms with E-state index in [2.05, 4.69) is 27.3 Å². The minimum Gasteiger partial charge on any atom is -0.338 e. The Hall–Kier alpha value is -0.940. The monoisotopic (exact) mass is 210 g/mol. The second-order valence-electron chi connectivity index (χ2n) is 3.96. The van der Waals surface area contributed by atoms with Gasteiger partial charge in [-0.15, -0.1) is 0 Å². The maximum atomic E-state index is 5.14. The smallest absolute Gasteiger partial charge is 0.240 e. The molecule has 0 radical (unpaired) electrons. The van der Waals surface area contributed by atoms with Gasteiger partial charge in [0.15, 0.2) is 5.82 Å². The summed E-state index contributed by atoms with van der Waals surface area (Å²) in [5.74, 6) is 2.01. The number of nitrogens with one attached hydrogen (secondary N) is 1. The highest BCUT2D eigenvalue weighted by atomic mass is 16.5. The van der Waals surface area contributed by atoms with Gasteiger partial charge < -0.3 is 14.7 Å². The van der Waals surface area contributed by atoms with Crippen LogP contribution in [0.2, 0.25) is 0 Å². The van der Waals surface area contributed by atoms with Gasteiger partial charge in [-0.3, -0.25) is 0 Å². The van der Waals surface area contributed by atoms with Gasteiger partial charge in [-0.25, -0.2) is 0 Å². The average molecular weight is 210 g/mol. The molecule has 1 saturated heterocycles. The van der Waals surface area contributed by atoms with E-state index in [1.165, 1.54) is 0 Å². The average Bonchev–Trinajstić information content (AvgIpc) is 2.85. The summed E-state index contributed by atoms with van der Waals surface area (Å²) in [5, 5.41) is 7.03. The number of rotatable bonds is 4. The summed E-state index contributed by atoms with van der Waals surface area (Å²) in [6, 6.07) is 0. The van der Waals surface area contributed by atoms with Crippen molar-refractivity contribution in [2.45, 2.75) is 25.8 Å². The molecule has 1 N–H and O–H groups in total. The lowest BCUT2D eigenvalue weighted by molar-refractivity contribution is 0.346. The van der Waals surface area contributed by atoms with Crippen LogP contribution in [-0.2, 0) is 6.54 Å². The van der Waals surface area contributed by atoms with Crippen LogP contribution in [0, 0.1) is 0 Å². The molecule has 1 aliphatic rings. The van der Waals surface area contributed by atoms with Gasteiger partial charge in [-0.2, -0.15) is 4.98 Å². The molecule has 1 aliphatic heterocycles. The number of likely N-dealkylation sites (N-methyl/N-ethyl adjacent to an activating group) is 1. The van der Waals surface area contributed by atoms with Crippen LogP contribution in [-0.4, -0.2) is 41.7 Å². The highest BCUT2D eigenvalue weighted by molar-refractivity contribution is 5.00. The molecule has 0 bridgehead atoms. The highest BCUT2D eigenvalue weighted by Gasteiger charge is 2.26. The van der Waals surface area contributed by atoms with Crippen molar-refractivity contribution in [1.29, 1.82) is 0 Å². The third kappa shape index (κ3) is 2.35. The minimum absolute atomic E-state index is 0.458. The van der Waals surface area contributed by atoms with Crippen LogP contribution in [0.5, 0.6) is 0 Å². The van der Waals surface area contributed by atoms with E-state index in [4.69, 9.17) is 4.52 Å². The van der Waals surface area contributed by atoms with Crippen molar-refractivity contribution in [2.75, 3.05) is 26.7 Å². The van der Waals surface area contributed by atoms with Crippen LogP contribution >= 0.6 is 0 Å². The quantitative estimate of drug-likeness (QED) is 0.788. The van der Waals surface area contributed by atoms with Crippen LogP contribution in [0.4, 0.5) is 0 Å². The molecule has 2 rings (SSSR count). The van der Waals surface area contributed by atoms with E-state index < -0.39 is 0 Å². The molecule has 1 aromatic rings. The molecule has 84 valence electrons. The molecule has 0 saturated carbocycles. The van der Waals surface area contributed by atoms with Crippen molar-refractivity contribution in [2.24, 2.45) is 0 Å². The van der Waals surface area contributed by atoms with Gasteiger partial charge in [-0.05, 0) is 26.6 Å². The van der Waals surface area contributed by atoms with E-state index in [-0.39, 0.29) is 0 Å². The first-order chi connectivity index (χ1) is 7.33. The summed E-state index contributed by atoms with van der Waals surface area (Å²) >= 11 is 0. The summed E-state index contributed by atoms with van der Waals surface area (Å²) in [5.41, 5.74) is 0. The third-order valence-corrected chi connectivity index (χ3v) is 2.90. The standard InChI is InChI=1S/C10H18N4O/c1-3-14-5-4-8(7-14)10-12-9(6-11-2)15-13-10/h8,11H,3-7H2,1-2H3. The molecule has 1 unspecified atom stereocenters. The van der Waals surface area contributed by atoms with Gasteiger partial charge in [0.05, 0.1) is 6.54 Å². The Morgan fingerprint density at radius 2 is 2.47 bits per heavy atom. The Bertz CT molecular complexity index is 312. The second kappa shape index (κ2) is 4.72. The number of likely N-dealkylation sites (tertiary alicyclic amines) is 1. The largest absolute Gasteiger partial charge is 0.338 e. The minimum atomic E-state index is 0.458. The highest BCUT2D eigenvalue weighted by Crippen LogP contribution is 2.24. The predicted molar refractivity (Wildman–Crippen MR) is 56.5 cm³/mol. The Labute approximate surface area is 89.8 Å². The van der Waals surface area contributed by atoms with Gasteiger partial charge in [0.25, 0.3) is 0 Å². The normalized spacial score (nSPS) is 22.4. The molecule has 15 heavy (non-hydrogen) atoms. The van der Waals surface area contributed by atoms with Crippen LogP contribution in [0.25, 0.3) is 0 Å². The number of nitrogens with zero attached hydrogens (tertiary/aromatic N) is 3. The van der Waals surface area contributed by atoms with Gasteiger partial charge in [0.1, 0.15) is 0 Å². The summed E-state index contributed by atoms with van der Waals surface area (Å²) in [4.78, 5) is 6.80. The SMILES string of the molecule is CCN1CCC(c2noc(CNC)n2)C1. The Morgan fingerprint density at radius 1 is 1.60 bits per heavy atom. The van der Waals surface area contributed by atoms with Crippen LogP contribution in [0.15, 0.2) is 4.52 Å². The molecule has 1 atom stereocenters. The molecule has 5 nitrogen and oxygen atoms in total. The van der Waals surface area contributed by atoms with E-state index in [1.807, 2.05) is 7.05 Å². The lowest BCUT2D eigenvalue weighted by Crippen LogP contribution is -2.19. The molecule has 0 amide bonds. The molecule has 0 spiro atoms. The summed E-state index contributed by atoms with van der Waals surface area (Å²) in [7, 11) is 1.87. The first-order valence-electron chi connectivity index (χ1n) is 5.53. The molecule has 1 aromatic heterocycles. The van der Waals surface area contributed by atoms with Crippen molar-refractivity contribution in [3.63, 3.8) is 0 Å². The van der Waals surface area contributed by atoms with Crippen molar-refractivity contribution in [3.05, 3.63) is 11.7 Å². The van der Waals surface area contributed by atoms with E-state index in [0.717, 1.165) is 31.9 Å². The third-order valence-electron chi connectivity index (χ3n) is 2.90. The fraction of sp³-hybridized carbons (Fsp3) is 0.800. The summed E-state index contributed by atoms with van der Waals surface area (Å²) < 4.78 is 5.14. The number of hydrogen-bond donors (Lipinski definition) is 1. The van der Waals surface area contributed by atoms with E-state index >= 15 is 0 Å². The summed E-state index contributed by atoms with van der Waals surface area (Å²) in [6.45, 7) is 6.16. The Balaban J connectivity index is 1.97. The molecule has 5 heteroatoms. The second-order valence-corrected chi connectivity index (χ2v) is 3.96. The zero-order chi connectivity index (χ0) is 10.7. The zero-order valence-corrected chi connectivity index (χ0v) is 9.36. The van der Waals surface area contributed by atoms with Crippen LogP contribution in [0.3, 0.4) is 0 Å². The van der Waals surface area contributed by atoms with Gasteiger partial charge in [-0.1, -0.05) is 12.1 Å². The van der Waals surface area contributed by atoms with E-state index in [1.54, 1.807) is 0 Å². The van der Waals surface area contributed by atoms with E-state index in [0.29, 0.717) is 18.4 Å². The van der Waals surface area contributed by atoms with Crippen LogP contribution < -0.4 is 5.32 Å². The predicted octanol–water partition coefficient (Wildman–Crippen LogP) is 0.598.